The molecule has 1 amide bonds. The number of likely N-dealkylation sites (N-methyl/N-ethyl adjacent to an activating group) is 1. The second-order valence-electron chi connectivity index (χ2n) is 3.35. The fourth-order valence-corrected chi connectivity index (χ4v) is 0.742. The normalized spacial score (nSPS) is 10.4. The zero-order valence-electron chi connectivity index (χ0n) is 8.91. The molecule has 0 spiro atoms. The van der Waals surface area contributed by atoms with E-state index in [1.165, 1.54) is 0 Å². The first-order valence-electron chi connectivity index (χ1n) is 4.71. The first-order chi connectivity index (χ1) is 6.49. The van der Waals surface area contributed by atoms with Gasteiger partial charge in [-0.15, -0.1) is 0 Å². The molecule has 0 atom stereocenters. The molecule has 0 unspecified atom stereocenters. The Morgan fingerprint density at radius 1 is 1.43 bits per heavy atom. The van der Waals surface area contributed by atoms with Crippen molar-refractivity contribution < 1.29 is 14.8 Å². The van der Waals surface area contributed by atoms with Crippen LogP contribution in [0.1, 0.15) is 20.8 Å². The molecule has 0 saturated heterocycles. The summed E-state index contributed by atoms with van der Waals surface area (Å²) in [6.45, 7) is 5.78. The van der Waals surface area contributed by atoms with Crippen LogP contribution in [0.5, 0.6) is 0 Å². The molecule has 0 aromatic heterocycles. The summed E-state index contributed by atoms with van der Waals surface area (Å²) in [5.41, 5.74) is 0. The minimum Gasteiger partial charge on any atom is -0.309 e. The number of Topliss-reactive ketones (excluding diaryl/α,β-unsaturated/α-hetero) is 1. The summed E-state index contributed by atoms with van der Waals surface area (Å²) < 4.78 is 0. The fraction of sp³-hybridized carbons (Fsp3) is 0.778. The summed E-state index contributed by atoms with van der Waals surface area (Å²) in [5, 5.41) is 12.4. The number of carbonyl (C=O) groups excluding carboxylic acids is 2. The molecule has 0 bridgehead atoms. The van der Waals surface area contributed by atoms with Crippen LogP contribution in [0.15, 0.2) is 0 Å². The lowest BCUT2D eigenvalue weighted by Gasteiger charge is -2.15. The van der Waals surface area contributed by atoms with Crippen LogP contribution in [-0.4, -0.2) is 41.6 Å². The Kier molecular flexibility index (Phi) is 6.07. The molecule has 0 fully saturated rings. The van der Waals surface area contributed by atoms with Crippen LogP contribution in [0.2, 0.25) is 0 Å². The van der Waals surface area contributed by atoms with Crippen molar-refractivity contribution in [3.05, 3.63) is 0 Å². The molecule has 82 valence electrons. The number of hydroxylamine groups is 2. The van der Waals surface area contributed by atoms with Crippen molar-refractivity contribution in [3.8, 4) is 0 Å². The number of carbonyl (C=O) groups is 2. The number of hydrogen-bond acceptors (Lipinski definition) is 4. The maximum Gasteiger partial charge on any atom is 0.260 e. The predicted octanol–water partition coefficient (Wildman–Crippen LogP) is 0.0388. The highest BCUT2D eigenvalue weighted by atomic mass is 16.5. The Morgan fingerprint density at radius 3 is 2.43 bits per heavy atom. The molecule has 0 aliphatic carbocycles. The molecule has 0 aliphatic rings. The van der Waals surface area contributed by atoms with Crippen LogP contribution in [0.4, 0.5) is 0 Å². The minimum absolute atomic E-state index is 0.0539. The van der Waals surface area contributed by atoms with Gasteiger partial charge in [-0.3, -0.25) is 14.8 Å². The zero-order chi connectivity index (χ0) is 11.1. The number of hydrogen-bond donors (Lipinski definition) is 2. The summed E-state index contributed by atoms with van der Waals surface area (Å²) in [7, 11) is 0. The van der Waals surface area contributed by atoms with Gasteiger partial charge in [-0.25, -0.2) is 5.06 Å². The molecule has 2 N–H and O–H groups in total. The first-order valence-corrected chi connectivity index (χ1v) is 4.71. The van der Waals surface area contributed by atoms with Crippen LogP contribution in [-0.2, 0) is 9.59 Å². The van der Waals surface area contributed by atoms with Gasteiger partial charge in [-0.2, -0.15) is 0 Å². The number of ketones is 1. The quantitative estimate of drug-likeness (QED) is 0.471. The molecule has 0 aliphatic heterocycles. The van der Waals surface area contributed by atoms with Crippen molar-refractivity contribution in [2.24, 2.45) is 5.92 Å². The highest BCUT2D eigenvalue weighted by molar-refractivity contribution is 5.87. The maximum absolute atomic E-state index is 11.2. The van der Waals surface area contributed by atoms with Gasteiger partial charge >= 0.3 is 0 Å². The molecule has 0 radical (unpaired) electrons. The van der Waals surface area contributed by atoms with Crippen LogP contribution in [0, 0.1) is 5.92 Å². The van der Waals surface area contributed by atoms with E-state index in [2.05, 4.69) is 5.32 Å². The monoisotopic (exact) mass is 202 g/mol. The molecule has 0 rings (SSSR count). The van der Waals surface area contributed by atoms with E-state index in [0.717, 1.165) is 0 Å². The first kappa shape index (κ1) is 13.1. The van der Waals surface area contributed by atoms with Gasteiger partial charge in [-0.1, -0.05) is 20.8 Å². The highest BCUT2D eigenvalue weighted by Gasteiger charge is 2.16. The fourth-order valence-electron chi connectivity index (χ4n) is 0.742. The molecular weight excluding hydrogens is 184 g/mol. The average Bonchev–Trinajstić information content (AvgIpc) is 2.13. The van der Waals surface area contributed by atoms with Gasteiger partial charge in [-0.05, 0) is 6.54 Å². The van der Waals surface area contributed by atoms with Gasteiger partial charge in [0.25, 0.3) is 5.91 Å². The zero-order valence-corrected chi connectivity index (χ0v) is 8.91. The third kappa shape index (κ3) is 4.94. The number of rotatable bonds is 6. The standard InChI is InChI=1S/C9H18N2O3/c1-4-10-5-9(13)11(14)6-8(12)7(2)3/h7,10,14H,4-6H2,1-3H3. The van der Waals surface area contributed by atoms with Crippen LogP contribution in [0.25, 0.3) is 0 Å². The third-order valence-corrected chi connectivity index (χ3v) is 1.76. The Morgan fingerprint density at radius 2 is 2.00 bits per heavy atom. The van der Waals surface area contributed by atoms with Gasteiger partial charge in [0.2, 0.25) is 0 Å². The van der Waals surface area contributed by atoms with Gasteiger partial charge < -0.3 is 5.32 Å². The summed E-state index contributed by atoms with van der Waals surface area (Å²) >= 11 is 0. The molecule has 0 heterocycles. The van der Waals surface area contributed by atoms with E-state index in [-0.39, 0.29) is 24.8 Å². The Bertz CT molecular complexity index is 204. The molecule has 5 nitrogen and oxygen atoms in total. The lowest BCUT2D eigenvalue weighted by molar-refractivity contribution is -0.167. The van der Waals surface area contributed by atoms with Gasteiger partial charge in [0, 0.05) is 5.92 Å². The van der Waals surface area contributed by atoms with Crippen molar-refractivity contribution in [1.82, 2.24) is 10.4 Å². The minimum atomic E-state index is -0.485. The molecule has 14 heavy (non-hydrogen) atoms. The van der Waals surface area contributed by atoms with Crippen LogP contribution < -0.4 is 5.32 Å². The lowest BCUT2D eigenvalue weighted by Crippen LogP contribution is -2.39. The van der Waals surface area contributed by atoms with E-state index in [0.29, 0.717) is 11.6 Å². The summed E-state index contributed by atoms with van der Waals surface area (Å²) in [5.74, 6) is -0.810. The second kappa shape index (κ2) is 6.50. The number of amides is 1. The Balaban J connectivity index is 3.89. The van der Waals surface area contributed by atoms with Crippen molar-refractivity contribution in [1.29, 1.82) is 0 Å². The maximum atomic E-state index is 11.2. The number of nitrogens with one attached hydrogen (secondary N) is 1. The van der Waals surface area contributed by atoms with E-state index in [1.54, 1.807) is 13.8 Å². The van der Waals surface area contributed by atoms with Crippen molar-refractivity contribution >= 4 is 11.7 Å². The number of nitrogens with zero attached hydrogens (tertiary/aromatic N) is 1. The van der Waals surface area contributed by atoms with Gasteiger partial charge in [0.05, 0.1) is 6.54 Å². The van der Waals surface area contributed by atoms with Gasteiger partial charge in [0.1, 0.15) is 6.54 Å². The van der Waals surface area contributed by atoms with Crippen molar-refractivity contribution in [2.45, 2.75) is 20.8 Å². The smallest absolute Gasteiger partial charge is 0.260 e. The largest absolute Gasteiger partial charge is 0.309 e. The molecule has 0 aromatic carbocycles. The van der Waals surface area contributed by atoms with E-state index in [9.17, 15) is 14.8 Å². The molecular formula is C9H18N2O3. The summed E-state index contributed by atoms with van der Waals surface area (Å²) in [6.07, 6.45) is 0. The van der Waals surface area contributed by atoms with Crippen LogP contribution in [0.3, 0.4) is 0 Å². The van der Waals surface area contributed by atoms with Crippen molar-refractivity contribution in [3.63, 3.8) is 0 Å². The lowest BCUT2D eigenvalue weighted by atomic mass is 10.1. The van der Waals surface area contributed by atoms with Crippen LogP contribution >= 0.6 is 0 Å². The molecule has 5 heteroatoms. The molecule has 0 aromatic rings. The highest BCUT2D eigenvalue weighted by Crippen LogP contribution is 1.96. The Labute approximate surface area is 84.0 Å². The SMILES string of the molecule is CCNCC(=O)N(O)CC(=O)C(C)C. The third-order valence-electron chi connectivity index (χ3n) is 1.76. The van der Waals surface area contributed by atoms with E-state index in [1.807, 2.05) is 6.92 Å². The predicted molar refractivity (Wildman–Crippen MR) is 51.9 cm³/mol. The van der Waals surface area contributed by atoms with Crippen molar-refractivity contribution in [2.75, 3.05) is 19.6 Å². The topological polar surface area (TPSA) is 69.6 Å². The van der Waals surface area contributed by atoms with Gasteiger partial charge in [0.15, 0.2) is 5.78 Å². The second-order valence-corrected chi connectivity index (χ2v) is 3.35. The summed E-state index contributed by atoms with van der Waals surface area (Å²) in [6, 6.07) is 0. The van der Waals surface area contributed by atoms with E-state index < -0.39 is 5.91 Å². The Hall–Kier alpha value is -0.940. The van der Waals surface area contributed by atoms with E-state index in [4.69, 9.17) is 0 Å². The summed E-state index contributed by atoms with van der Waals surface area (Å²) in [4.78, 5) is 22.3. The average molecular weight is 202 g/mol. The molecule has 0 saturated carbocycles. The van der Waals surface area contributed by atoms with E-state index >= 15 is 0 Å².